The molecule has 9 heteroatoms. The van der Waals surface area contributed by atoms with E-state index < -0.39 is 34.5 Å². The number of halogens is 1. The van der Waals surface area contributed by atoms with Gasteiger partial charge in [0.15, 0.2) is 0 Å². The van der Waals surface area contributed by atoms with Gasteiger partial charge in [-0.1, -0.05) is 23.7 Å². The van der Waals surface area contributed by atoms with Crippen molar-refractivity contribution >= 4 is 33.5 Å². The predicted molar refractivity (Wildman–Crippen MR) is 69.8 cm³/mol. The van der Waals surface area contributed by atoms with Gasteiger partial charge >= 0.3 is 5.97 Å². The predicted octanol–water partition coefficient (Wildman–Crippen LogP) is -0.0863. The quantitative estimate of drug-likeness (QED) is 0.811. The molecule has 0 aliphatic carbocycles. The number of sulfonamides is 1. The first-order valence-corrected chi connectivity index (χ1v) is 7.41. The van der Waals surface area contributed by atoms with Gasteiger partial charge in [0, 0.05) is 6.54 Å². The lowest BCUT2D eigenvalue weighted by molar-refractivity contribution is -0.143. The average molecular weight is 319 g/mol. The zero-order valence-electron chi connectivity index (χ0n) is 10.1. The molecular formula is C11H11ClN2O5S. The first kappa shape index (κ1) is 14.8. The molecule has 1 saturated heterocycles. The van der Waals surface area contributed by atoms with E-state index >= 15 is 0 Å². The number of hydrogen-bond acceptors (Lipinski definition) is 4. The number of rotatable bonds is 3. The van der Waals surface area contributed by atoms with E-state index in [9.17, 15) is 18.0 Å². The number of carbonyl (C=O) groups excluding carboxylic acids is 1. The Kier molecular flexibility index (Phi) is 3.98. The number of aliphatic carboxylic acids is 1. The van der Waals surface area contributed by atoms with Gasteiger partial charge in [0.2, 0.25) is 15.9 Å². The summed E-state index contributed by atoms with van der Waals surface area (Å²) in [5.74, 6) is -1.89. The van der Waals surface area contributed by atoms with Crippen molar-refractivity contribution in [2.24, 2.45) is 0 Å². The summed E-state index contributed by atoms with van der Waals surface area (Å²) in [5, 5.41) is 11.4. The van der Waals surface area contributed by atoms with Gasteiger partial charge in [0.25, 0.3) is 0 Å². The van der Waals surface area contributed by atoms with E-state index in [4.69, 9.17) is 16.7 Å². The van der Waals surface area contributed by atoms with Crippen LogP contribution in [-0.2, 0) is 19.6 Å². The van der Waals surface area contributed by atoms with Gasteiger partial charge < -0.3 is 10.4 Å². The highest BCUT2D eigenvalue weighted by Gasteiger charge is 2.41. The molecule has 7 nitrogen and oxygen atoms in total. The molecule has 0 spiro atoms. The maximum absolute atomic E-state index is 12.5. The summed E-state index contributed by atoms with van der Waals surface area (Å²) >= 11 is 5.84. The first-order chi connectivity index (χ1) is 9.34. The zero-order valence-corrected chi connectivity index (χ0v) is 11.7. The van der Waals surface area contributed by atoms with E-state index in [2.05, 4.69) is 5.32 Å². The van der Waals surface area contributed by atoms with Gasteiger partial charge in [-0.2, -0.15) is 4.31 Å². The molecule has 1 fully saturated rings. The molecule has 0 radical (unpaired) electrons. The maximum Gasteiger partial charge on any atom is 0.323 e. The molecule has 0 aromatic heterocycles. The summed E-state index contributed by atoms with van der Waals surface area (Å²) < 4.78 is 25.6. The van der Waals surface area contributed by atoms with Crippen LogP contribution in [0.4, 0.5) is 0 Å². The molecule has 20 heavy (non-hydrogen) atoms. The Morgan fingerprint density at radius 2 is 2.05 bits per heavy atom. The van der Waals surface area contributed by atoms with E-state index in [1.807, 2.05) is 0 Å². The summed E-state index contributed by atoms with van der Waals surface area (Å²) in [6.45, 7) is -0.831. The summed E-state index contributed by atoms with van der Waals surface area (Å²) in [4.78, 5) is 22.3. The number of amides is 1. The van der Waals surface area contributed by atoms with E-state index in [0.29, 0.717) is 4.31 Å². The largest absolute Gasteiger partial charge is 0.480 e. The Morgan fingerprint density at radius 3 is 2.65 bits per heavy atom. The van der Waals surface area contributed by atoms with E-state index in [1.165, 1.54) is 18.2 Å². The van der Waals surface area contributed by atoms with E-state index in [1.54, 1.807) is 6.07 Å². The van der Waals surface area contributed by atoms with Crippen molar-refractivity contribution in [1.29, 1.82) is 0 Å². The van der Waals surface area contributed by atoms with Crippen molar-refractivity contribution < 1.29 is 23.1 Å². The smallest absolute Gasteiger partial charge is 0.323 e. The van der Waals surface area contributed by atoms with E-state index in [-0.39, 0.29) is 16.5 Å². The molecular weight excluding hydrogens is 308 g/mol. The van der Waals surface area contributed by atoms with Gasteiger partial charge in [-0.15, -0.1) is 0 Å². The Morgan fingerprint density at radius 1 is 1.40 bits per heavy atom. The summed E-state index contributed by atoms with van der Waals surface area (Å²) in [5.41, 5.74) is 0. The molecule has 0 saturated carbocycles. The van der Waals surface area contributed by atoms with Crippen molar-refractivity contribution in [1.82, 2.24) is 9.62 Å². The molecule has 1 amide bonds. The fraction of sp³-hybridized carbons (Fsp3) is 0.273. The number of hydrogen-bond donors (Lipinski definition) is 2. The monoisotopic (exact) mass is 318 g/mol. The third-order valence-electron chi connectivity index (χ3n) is 2.85. The van der Waals surface area contributed by atoms with Gasteiger partial charge in [0.1, 0.15) is 10.9 Å². The minimum absolute atomic E-state index is 0.0254. The number of piperazine rings is 1. The van der Waals surface area contributed by atoms with Crippen LogP contribution in [0.5, 0.6) is 0 Å². The Balaban J connectivity index is 2.48. The van der Waals surface area contributed by atoms with Gasteiger partial charge in [-0.25, -0.2) is 8.42 Å². The van der Waals surface area contributed by atoms with Crippen LogP contribution in [0.2, 0.25) is 5.02 Å². The summed E-state index contributed by atoms with van der Waals surface area (Å²) in [6.07, 6.45) is 0. The third kappa shape index (κ3) is 2.62. The minimum Gasteiger partial charge on any atom is -0.480 e. The molecule has 1 aliphatic rings. The molecule has 2 rings (SSSR count). The second-order valence-corrected chi connectivity index (χ2v) is 6.40. The summed E-state index contributed by atoms with van der Waals surface area (Å²) in [6, 6.07) is 4.32. The van der Waals surface area contributed by atoms with E-state index in [0.717, 1.165) is 0 Å². The van der Waals surface area contributed by atoms with Crippen LogP contribution in [0.3, 0.4) is 0 Å². The molecule has 108 valence electrons. The number of nitrogens with zero attached hydrogens (tertiary/aromatic N) is 1. The Hall–Kier alpha value is -1.64. The van der Waals surface area contributed by atoms with Crippen LogP contribution >= 0.6 is 11.6 Å². The lowest BCUT2D eigenvalue weighted by Crippen LogP contribution is -2.59. The molecule has 0 bridgehead atoms. The van der Waals surface area contributed by atoms with Crippen LogP contribution in [0.15, 0.2) is 29.2 Å². The fourth-order valence-corrected chi connectivity index (χ4v) is 3.90. The number of nitrogens with one attached hydrogen (secondary N) is 1. The second kappa shape index (κ2) is 5.39. The lowest BCUT2D eigenvalue weighted by atomic mass is 10.2. The van der Waals surface area contributed by atoms with Crippen LogP contribution in [0.25, 0.3) is 0 Å². The molecule has 1 aromatic rings. The van der Waals surface area contributed by atoms with Crippen molar-refractivity contribution in [3.05, 3.63) is 29.3 Å². The normalized spacial score (nSPS) is 20.4. The van der Waals surface area contributed by atoms with Crippen molar-refractivity contribution in [3.63, 3.8) is 0 Å². The van der Waals surface area contributed by atoms with Crippen molar-refractivity contribution in [2.45, 2.75) is 10.9 Å². The van der Waals surface area contributed by atoms with Crippen LogP contribution in [0.1, 0.15) is 0 Å². The summed E-state index contributed by atoms with van der Waals surface area (Å²) in [7, 11) is -4.16. The number of carboxylic acids is 1. The standard InChI is InChI=1S/C11H11ClN2O5S/c12-7-3-1-2-4-9(7)20(18,19)14-6-10(15)13-5-8(14)11(16)17/h1-4,8H,5-6H2,(H,13,15)(H,16,17). The molecule has 1 aliphatic heterocycles. The molecule has 1 heterocycles. The maximum atomic E-state index is 12.5. The van der Waals surface area contributed by atoms with Crippen molar-refractivity contribution in [2.75, 3.05) is 13.1 Å². The Labute approximate surface area is 120 Å². The lowest BCUT2D eigenvalue weighted by Gasteiger charge is -2.31. The number of carbonyl (C=O) groups is 2. The Bertz CT molecular complexity index is 661. The average Bonchev–Trinajstić information content (AvgIpc) is 2.38. The molecule has 1 unspecified atom stereocenters. The highest BCUT2D eigenvalue weighted by Crippen LogP contribution is 2.26. The zero-order chi connectivity index (χ0) is 14.9. The van der Waals surface area contributed by atoms with Crippen LogP contribution < -0.4 is 5.32 Å². The topological polar surface area (TPSA) is 104 Å². The molecule has 2 N–H and O–H groups in total. The van der Waals surface area contributed by atoms with Crippen LogP contribution in [-0.4, -0.2) is 48.8 Å². The number of carboxylic acid groups (broad SMARTS) is 1. The van der Waals surface area contributed by atoms with Crippen LogP contribution in [0, 0.1) is 0 Å². The third-order valence-corrected chi connectivity index (χ3v) is 5.20. The SMILES string of the molecule is O=C1CN(S(=O)(=O)c2ccccc2Cl)C(C(=O)O)CN1. The molecule has 1 aromatic carbocycles. The first-order valence-electron chi connectivity index (χ1n) is 5.60. The van der Waals surface area contributed by atoms with Crippen molar-refractivity contribution in [3.8, 4) is 0 Å². The van der Waals surface area contributed by atoms with Gasteiger partial charge in [0.05, 0.1) is 11.6 Å². The van der Waals surface area contributed by atoms with Gasteiger partial charge in [-0.3, -0.25) is 9.59 Å². The highest BCUT2D eigenvalue weighted by molar-refractivity contribution is 7.89. The minimum atomic E-state index is -4.16. The number of benzene rings is 1. The second-order valence-electron chi connectivity index (χ2n) is 4.14. The molecule has 1 atom stereocenters. The fourth-order valence-electron chi connectivity index (χ4n) is 1.86. The highest BCUT2D eigenvalue weighted by atomic mass is 35.5. The van der Waals surface area contributed by atoms with Gasteiger partial charge in [-0.05, 0) is 12.1 Å².